The Morgan fingerprint density at radius 3 is 2.52 bits per heavy atom. The smallest absolute Gasteiger partial charge is 0.0949 e. The van der Waals surface area contributed by atoms with Crippen molar-refractivity contribution >= 4 is 49.1 Å². The molecule has 6 aromatic rings. The molecule has 25 heavy (non-hydrogen) atoms. The van der Waals surface area contributed by atoms with E-state index < -0.39 is 0 Å². The van der Waals surface area contributed by atoms with Gasteiger partial charge < -0.3 is 8.97 Å². The summed E-state index contributed by atoms with van der Waals surface area (Å²) in [4.78, 5) is 4.72. The van der Waals surface area contributed by atoms with Gasteiger partial charge in [-0.05, 0) is 36.4 Å². The molecular weight excluding hydrogens is 306 g/mol. The third kappa shape index (κ3) is 1.57. The van der Waals surface area contributed by atoms with Crippen LogP contribution < -0.4 is 0 Å². The third-order valence-corrected chi connectivity index (χ3v) is 5.29. The maximum Gasteiger partial charge on any atom is 0.0949 e. The zero-order chi connectivity index (χ0) is 16.5. The number of benzene rings is 2. The van der Waals surface area contributed by atoms with Gasteiger partial charge in [-0.15, -0.1) is 0 Å². The van der Waals surface area contributed by atoms with E-state index in [9.17, 15) is 0 Å². The first-order chi connectivity index (χ1) is 12.3. The Hall–Kier alpha value is -3.33. The van der Waals surface area contributed by atoms with Crippen LogP contribution in [0.15, 0.2) is 73.1 Å². The lowest BCUT2D eigenvalue weighted by molar-refractivity contribution is 0.970. The lowest BCUT2D eigenvalue weighted by Crippen LogP contribution is -1.93. The molecule has 4 heterocycles. The second kappa shape index (κ2) is 4.39. The third-order valence-electron chi connectivity index (χ3n) is 5.29. The first kappa shape index (κ1) is 13.0. The number of pyridine rings is 2. The Bertz CT molecular complexity index is 1450. The van der Waals surface area contributed by atoms with Crippen molar-refractivity contribution < 1.29 is 0 Å². The summed E-state index contributed by atoms with van der Waals surface area (Å²) in [6.45, 7) is 0. The Balaban J connectivity index is 2.03. The Kier molecular flexibility index (Phi) is 2.29. The van der Waals surface area contributed by atoms with E-state index >= 15 is 0 Å². The topological polar surface area (TPSA) is 22.2 Å². The lowest BCUT2D eigenvalue weighted by atomic mass is 10.1. The van der Waals surface area contributed by atoms with Crippen LogP contribution in [0.2, 0.25) is 0 Å². The summed E-state index contributed by atoms with van der Waals surface area (Å²) in [7, 11) is 2.10. The van der Waals surface area contributed by atoms with E-state index in [0.717, 1.165) is 5.52 Å². The summed E-state index contributed by atoms with van der Waals surface area (Å²) in [6.07, 6.45) is 4.00. The molecule has 0 bridgehead atoms. The highest BCUT2D eigenvalue weighted by molar-refractivity contribution is 6.16. The molecule has 4 aromatic heterocycles. The monoisotopic (exact) mass is 321 g/mol. The van der Waals surface area contributed by atoms with Gasteiger partial charge in [-0.25, -0.2) is 0 Å². The summed E-state index contributed by atoms with van der Waals surface area (Å²) in [5.74, 6) is 0. The molecule has 0 radical (unpaired) electrons. The largest absolute Gasteiger partial charge is 0.351 e. The van der Waals surface area contributed by atoms with E-state index in [1.54, 1.807) is 0 Å². The second-order valence-electron chi connectivity index (χ2n) is 6.68. The molecule has 0 unspecified atom stereocenters. The van der Waals surface area contributed by atoms with Crippen molar-refractivity contribution in [1.29, 1.82) is 0 Å². The van der Waals surface area contributed by atoms with Gasteiger partial charge in [0.25, 0.3) is 0 Å². The quantitative estimate of drug-likeness (QED) is 0.349. The van der Waals surface area contributed by atoms with E-state index in [0.29, 0.717) is 0 Å². The number of rotatable bonds is 0. The minimum atomic E-state index is 1.06. The molecule has 0 aliphatic rings. The van der Waals surface area contributed by atoms with Gasteiger partial charge in [-0.2, -0.15) is 0 Å². The summed E-state index contributed by atoms with van der Waals surface area (Å²) in [5, 5.41) is 4.95. The molecule has 0 saturated heterocycles. The van der Waals surface area contributed by atoms with Gasteiger partial charge in [-0.1, -0.05) is 24.3 Å². The van der Waals surface area contributed by atoms with E-state index in [2.05, 4.69) is 76.8 Å². The SMILES string of the molecule is Cn1ccc2cc3c(cc21)c1cccnc1c1cc2ccccc2n31. The summed E-state index contributed by atoms with van der Waals surface area (Å²) in [5.41, 5.74) is 5.92. The molecule has 6 rings (SSSR count). The molecule has 0 aliphatic carbocycles. The Labute approximate surface area is 143 Å². The highest BCUT2D eigenvalue weighted by Gasteiger charge is 2.14. The maximum atomic E-state index is 4.72. The number of aromatic nitrogens is 3. The van der Waals surface area contributed by atoms with Crippen molar-refractivity contribution in [2.45, 2.75) is 0 Å². The molecule has 0 spiro atoms. The summed E-state index contributed by atoms with van der Waals surface area (Å²) < 4.78 is 4.53. The number of fused-ring (bicyclic) bond motifs is 9. The van der Waals surface area contributed by atoms with Gasteiger partial charge in [0.1, 0.15) is 0 Å². The number of nitrogens with zero attached hydrogens (tertiary/aromatic N) is 3. The molecule has 0 fully saturated rings. The number of hydrogen-bond acceptors (Lipinski definition) is 1. The zero-order valence-electron chi connectivity index (χ0n) is 13.8. The zero-order valence-corrected chi connectivity index (χ0v) is 13.8. The molecule has 3 nitrogen and oxygen atoms in total. The van der Waals surface area contributed by atoms with Gasteiger partial charge in [0.2, 0.25) is 0 Å². The lowest BCUT2D eigenvalue weighted by Gasteiger charge is -2.10. The van der Waals surface area contributed by atoms with Crippen LogP contribution in [-0.2, 0) is 7.05 Å². The van der Waals surface area contributed by atoms with Crippen molar-refractivity contribution in [1.82, 2.24) is 14.0 Å². The van der Waals surface area contributed by atoms with Crippen molar-refractivity contribution in [2.75, 3.05) is 0 Å². The molecule has 0 aliphatic heterocycles. The average molecular weight is 321 g/mol. The van der Waals surface area contributed by atoms with Gasteiger partial charge in [0.15, 0.2) is 0 Å². The van der Waals surface area contributed by atoms with Gasteiger partial charge in [0.05, 0.1) is 22.1 Å². The normalized spacial score (nSPS) is 12.2. The van der Waals surface area contributed by atoms with E-state index in [4.69, 9.17) is 4.98 Å². The van der Waals surface area contributed by atoms with Crippen LogP contribution in [0.25, 0.3) is 49.1 Å². The summed E-state index contributed by atoms with van der Waals surface area (Å²) >= 11 is 0. The van der Waals surface area contributed by atoms with Crippen molar-refractivity contribution in [3.63, 3.8) is 0 Å². The van der Waals surface area contributed by atoms with Gasteiger partial charge in [-0.3, -0.25) is 4.98 Å². The molecule has 0 saturated carbocycles. The predicted octanol–water partition coefficient (Wildman–Crippen LogP) is 5.29. The van der Waals surface area contributed by atoms with Gasteiger partial charge >= 0.3 is 0 Å². The molecule has 0 N–H and O–H groups in total. The van der Waals surface area contributed by atoms with Crippen LogP contribution in [-0.4, -0.2) is 14.0 Å². The van der Waals surface area contributed by atoms with E-state index in [1.165, 1.54) is 43.6 Å². The minimum Gasteiger partial charge on any atom is -0.351 e. The second-order valence-corrected chi connectivity index (χ2v) is 6.68. The molecular formula is C22H15N3. The first-order valence-electron chi connectivity index (χ1n) is 8.47. The van der Waals surface area contributed by atoms with E-state index in [-0.39, 0.29) is 0 Å². The standard InChI is InChI=1S/C22H15N3/c1-24-10-8-15-11-20-17(13-19(15)24)16-6-4-9-23-22(16)21-12-14-5-2-3-7-18(14)25(20)21/h2-13H,1H3. The number of hydrogen-bond donors (Lipinski definition) is 0. The molecule has 3 heteroatoms. The molecule has 0 atom stereocenters. The van der Waals surface area contributed by atoms with Crippen LogP contribution in [0, 0.1) is 0 Å². The summed E-state index contributed by atoms with van der Waals surface area (Å²) in [6, 6.07) is 21.8. The van der Waals surface area contributed by atoms with Crippen LogP contribution in [0.5, 0.6) is 0 Å². The first-order valence-corrected chi connectivity index (χ1v) is 8.47. The molecule has 2 aromatic carbocycles. The van der Waals surface area contributed by atoms with Crippen LogP contribution in [0.4, 0.5) is 0 Å². The predicted molar refractivity (Wildman–Crippen MR) is 104 cm³/mol. The van der Waals surface area contributed by atoms with Gasteiger partial charge in [0, 0.05) is 46.5 Å². The van der Waals surface area contributed by atoms with E-state index in [1.807, 2.05) is 12.3 Å². The highest BCUT2D eigenvalue weighted by Crippen LogP contribution is 2.35. The average Bonchev–Trinajstić information content (AvgIpc) is 3.22. The van der Waals surface area contributed by atoms with Crippen molar-refractivity contribution in [3.8, 4) is 0 Å². The Morgan fingerprint density at radius 2 is 1.56 bits per heavy atom. The highest BCUT2D eigenvalue weighted by atomic mass is 14.9. The van der Waals surface area contributed by atoms with Crippen LogP contribution in [0.3, 0.4) is 0 Å². The fourth-order valence-corrected chi connectivity index (χ4v) is 4.12. The minimum absolute atomic E-state index is 1.06. The van der Waals surface area contributed by atoms with Crippen molar-refractivity contribution in [3.05, 3.63) is 73.1 Å². The Morgan fingerprint density at radius 1 is 0.720 bits per heavy atom. The molecule has 118 valence electrons. The van der Waals surface area contributed by atoms with Crippen LogP contribution in [0.1, 0.15) is 0 Å². The fourth-order valence-electron chi connectivity index (χ4n) is 4.12. The van der Waals surface area contributed by atoms with Crippen molar-refractivity contribution in [2.24, 2.45) is 7.05 Å². The number of aryl methyl sites for hydroxylation is 1. The fraction of sp³-hybridized carbons (Fsp3) is 0.0455. The van der Waals surface area contributed by atoms with Crippen LogP contribution >= 0.6 is 0 Å². The number of para-hydroxylation sites is 1. The maximum absolute atomic E-state index is 4.72. The molecule has 0 amide bonds.